The molecule has 1 saturated heterocycles. The maximum atomic E-state index is 11.4. The Labute approximate surface area is 118 Å². The zero-order chi connectivity index (χ0) is 13.7. The van der Waals surface area contributed by atoms with Crippen LogP contribution in [0.2, 0.25) is 0 Å². The topological polar surface area (TPSA) is 58.4 Å². The van der Waals surface area contributed by atoms with E-state index in [9.17, 15) is 4.79 Å². The van der Waals surface area contributed by atoms with Crippen molar-refractivity contribution in [3.05, 3.63) is 35.4 Å². The normalized spacial score (nSPS) is 20.2. The molecule has 1 fully saturated rings. The average molecular weight is 279 g/mol. The molecule has 3 N–H and O–H groups in total. The van der Waals surface area contributed by atoms with Gasteiger partial charge >= 0.3 is 0 Å². The molecular weight excluding hydrogens is 258 g/mol. The Morgan fingerprint density at radius 2 is 2.21 bits per heavy atom. The Balaban J connectivity index is 2.08. The van der Waals surface area contributed by atoms with Crippen LogP contribution in [-0.2, 0) is 17.8 Å². The standard InChI is InChI=1S/C14H21N3OS/c1-11-10-19-7-6-17(11)9-13-5-3-2-4-12(13)8-14(18)16-15/h2-5,11H,6-10,15H2,1H3,(H,16,18). The number of amides is 1. The highest BCUT2D eigenvalue weighted by Gasteiger charge is 2.19. The molecule has 1 aliphatic heterocycles. The van der Waals surface area contributed by atoms with Crippen LogP contribution in [0.1, 0.15) is 18.1 Å². The van der Waals surface area contributed by atoms with Gasteiger partial charge in [0.2, 0.25) is 5.91 Å². The number of thioether (sulfide) groups is 1. The van der Waals surface area contributed by atoms with E-state index >= 15 is 0 Å². The van der Waals surface area contributed by atoms with Crippen molar-refractivity contribution in [2.24, 2.45) is 5.84 Å². The van der Waals surface area contributed by atoms with Crippen LogP contribution < -0.4 is 11.3 Å². The summed E-state index contributed by atoms with van der Waals surface area (Å²) in [4.78, 5) is 13.9. The molecule has 1 amide bonds. The fourth-order valence-electron chi connectivity index (χ4n) is 2.32. The van der Waals surface area contributed by atoms with Gasteiger partial charge in [-0.15, -0.1) is 0 Å². The Bertz CT molecular complexity index is 438. The summed E-state index contributed by atoms with van der Waals surface area (Å²) in [6.07, 6.45) is 0.351. The number of hydrazine groups is 1. The fourth-order valence-corrected chi connectivity index (χ4v) is 3.41. The lowest BCUT2D eigenvalue weighted by atomic mass is 10.0. The third-order valence-electron chi connectivity index (χ3n) is 3.51. The van der Waals surface area contributed by atoms with Gasteiger partial charge in [0.05, 0.1) is 6.42 Å². The minimum Gasteiger partial charge on any atom is -0.295 e. The minimum atomic E-state index is -0.144. The van der Waals surface area contributed by atoms with Crippen LogP contribution in [0.5, 0.6) is 0 Å². The molecule has 104 valence electrons. The molecule has 5 heteroatoms. The van der Waals surface area contributed by atoms with Crippen LogP contribution >= 0.6 is 11.8 Å². The second-order valence-corrected chi connectivity index (χ2v) is 6.06. The molecule has 0 saturated carbocycles. The Hall–Kier alpha value is -1.04. The number of hydrogen-bond donors (Lipinski definition) is 2. The van der Waals surface area contributed by atoms with E-state index in [2.05, 4.69) is 23.3 Å². The number of carbonyl (C=O) groups is 1. The molecule has 1 unspecified atom stereocenters. The summed E-state index contributed by atoms with van der Waals surface area (Å²) >= 11 is 2.01. The lowest BCUT2D eigenvalue weighted by Gasteiger charge is -2.33. The predicted octanol–water partition coefficient (Wildman–Crippen LogP) is 1.16. The second kappa shape index (κ2) is 6.93. The van der Waals surface area contributed by atoms with Gasteiger partial charge in [0.25, 0.3) is 0 Å². The lowest BCUT2D eigenvalue weighted by Crippen LogP contribution is -2.40. The molecular formula is C14H21N3OS. The maximum absolute atomic E-state index is 11.4. The lowest BCUT2D eigenvalue weighted by molar-refractivity contribution is -0.120. The van der Waals surface area contributed by atoms with Gasteiger partial charge in [-0.1, -0.05) is 24.3 Å². The van der Waals surface area contributed by atoms with Crippen LogP contribution in [-0.4, -0.2) is 34.9 Å². The molecule has 0 spiro atoms. The van der Waals surface area contributed by atoms with E-state index in [0.29, 0.717) is 12.5 Å². The number of hydrogen-bond acceptors (Lipinski definition) is 4. The van der Waals surface area contributed by atoms with Gasteiger partial charge < -0.3 is 0 Å². The van der Waals surface area contributed by atoms with Crippen LogP contribution in [0.3, 0.4) is 0 Å². The van der Waals surface area contributed by atoms with E-state index < -0.39 is 0 Å². The van der Waals surface area contributed by atoms with E-state index in [-0.39, 0.29) is 5.91 Å². The van der Waals surface area contributed by atoms with Gasteiger partial charge in [0, 0.05) is 30.6 Å². The highest BCUT2D eigenvalue weighted by atomic mass is 32.2. The molecule has 19 heavy (non-hydrogen) atoms. The zero-order valence-electron chi connectivity index (χ0n) is 11.3. The van der Waals surface area contributed by atoms with Crippen molar-refractivity contribution in [2.45, 2.75) is 25.9 Å². The number of rotatable bonds is 4. The first-order valence-corrected chi connectivity index (χ1v) is 7.74. The monoisotopic (exact) mass is 279 g/mol. The van der Waals surface area contributed by atoms with Crippen LogP contribution in [0.25, 0.3) is 0 Å². The first-order chi connectivity index (χ1) is 9.20. The first-order valence-electron chi connectivity index (χ1n) is 6.58. The van der Waals surface area contributed by atoms with Crippen molar-refractivity contribution in [2.75, 3.05) is 18.1 Å². The van der Waals surface area contributed by atoms with Crippen LogP contribution in [0.15, 0.2) is 24.3 Å². The largest absolute Gasteiger partial charge is 0.295 e. The summed E-state index contributed by atoms with van der Waals surface area (Å²) in [7, 11) is 0. The van der Waals surface area contributed by atoms with Gasteiger partial charge in [-0.3, -0.25) is 15.1 Å². The van der Waals surface area contributed by atoms with Crippen molar-refractivity contribution in [1.82, 2.24) is 10.3 Å². The Morgan fingerprint density at radius 1 is 1.47 bits per heavy atom. The van der Waals surface area contributed by atoms with Gasteiger partial charge in [-0.25, -0.2) is 5.84 Å². The quantitative estimate of drug-likeness (QED) is 0.493. The highest BCUT2D eigenvalue weighted by molar-refractivity contribution is 7.99. The molecule has 0 radical (unpaired) electrons. The van der Waals surface area contributed by atoms with Gasteiger partial charge in [-0.05, 0) is 18.1 Å². The average Bonchev–Trinajstić information content (AvgIpc) is 2.43. The van der Waals surface area contributed by atoms with Crippen molar-refractivity contribution in [3.8, 4) is 0 Å². The molecule has 2 rings (SSSR count). The van der Waals surface area contributed by atoms with Gasteiger partial charge in [0.1, 0.15) is 0 Å². The van der Waals surface area contributed by atoms with Crippen LogP contribution in [0, 0.1) is 0 Å². The van der Waals surface area contributed by atoms with Gasteiger partial charge in [0.15, 0.2) is 0 Å². The molecule has 4 nitrogen and oxygen atoms in total. The smallest absolute Gasteiger partial charge is 0.238 e. The van der Waals surface area contributed by atoms with Crippen molar-refractivity contribution < 1.29 is 4.79 Å². The summed E-state index contributed by atoms with van der Waals surface area (Å²) in [5, 5.41) is 0. The molecule has 0 aliphatic carbocycles. The molecule has 1 aromatic rings. The minimum absolute atomic E-state index is 0.144. The molecule has 0 aromatic heterocycles. The summed E-state index contributed by atoms with van der Waals surface area (Å²) < 4.78 is 0. The summed E-state index contributed by atoms with van der Waals surface area (Å²) in [5.74, 6) is 7.40. The van der Waals surface area contributed by atoms with E-state index in [1.54, 1.807) is 0 Å². The van der Waals surface area contributed by atoms with E-state index in [0.717, 1.165) is 18.7 Å². The summed E-state index contributed by atoms with van der Waals surface area (Å²) in [5.41, 5.74) is 4.49. The van der Waals surface area contributed by atoms with Crippen molar-refractivity contribution in [1.29, 1.82) is 0 Å². The zero-order valence-corrected chi connectivity index (χ0v) is 12.1. The molecule has 1 aliphatic rings. The Kier molecular flexibility index (Phi) is 5.24. The third-order valence-corrected chi connectivity index (χ3v) is 4.70. The fraction of sp³-hybridized carbons (Fsp3) is 0.500. The van der Waals surface area contributed by atoms with Crippen LogP contribution in [0.4, 0.5) is 0 Å². The summed E-state index contributed by atoms with van der Waals surface area (Å²) in [6, 6.07) is 8.71. The number of nitrogens with one attached hydrogen (secondary N) is 1. The van der Waals surface area contributed by atoms with Crippen molar-refractivity contribution >= 4 is 17.7 Å². The van der Waals surface area contributed by atoms with E-state index in [1.165, 1.54) is 17.1 Å². The number of benzene rings is 1. The molecule has 0 bridgehead atoms. The van der Waals surface area contributed by atoms with E-state index in [4.69, 9.17) is 5.84 Å². The third kappa shape index (κ3) is 3.96. The highest BCUT2D eigenvalue weighted by Crippen LogP contribution is 2.20. The number of carbonyl (C=O) groups excluding carboxylic acids is 1. The molecule has 1 aromatic carbocycles. The SMILES string of the molecule is CC1CSCCN1Cc1ccccc1CC(=O)NN. The second-order valence-electron chi connectivity index (χ2n) is 4.91. The summed E-state index contributed by atoms with van der Waals surface area (Å²) in [6.45, 7) is 4.29. The number of nitrogens with two attached hydrogens (primary N) is 1. The Morgan fingerprint density at radius 3 is 2.89 bits per heavy atom. The van der Waals surface area contributed by atoms with E-state index in [1.807, 2.05) is 30.0 Å². The first kappa shape index (κ1) is 14.4. The molecule has 1 atom stereocenters. The number of nitrogens with zero attached hydrogens (tertiary/aromatic N) is 1. The molecule has 1 heterocycles. The maximum Gasteiger partial charge on any atom is 0.238 e. The predicted molar refractivity (Wildman–Crippen MR) is 79.7 cm³/mol. The van der Waals surface area contributed by atoms with Gasteiger partial charge in [-0.2, -0.15) is 11.8 Å². The van der Waals surface area contributed by atoms with Crippen molar-refractivity contribution in [3.63, 3.8) is 0 Å².